The van der Waals surface area contributed by atoms with Gasteiger partial charge in [-0.05, 0) is 50.8 Å². The number of allylic oxidation sites excluding steroid dienone is 5. The minimum absolute atomic E-state index is 0.0177. The lowest BCUT2D eigenvalue weighted by Crippen LogP contribution is -2.50. The molecule has 5 bridgehead atoms. The number of nitrogens with zero attached hydrogens (tertiary/aromatic N) is 5. The fourth-order valence-electron chi connectivity index (χ4n) is 10.8. The van der Waals surface area contributed by atoms with Gasteiger partial charge in [-0.3, -0.25) is 38.8 Å². The molecule has 1 aliphatic carbocycles. The summed E-state index contributed by atoms with van der Waals surface area (Å²) in [6.45, 7) is 19.2. The van der Waals surface area contributed by atoms with Gasteiger partial charge in [0.1, 0.15) is 35.4 Å². The smallest absolute Gasteiger partial charge is 0.315 e. The van der Waals surface area contributed by atoms with Gasteiger partial charge < -0.3 is 50.0 Å². The fourth-order valence-corrected chi connectivity index (χ4v) is 10.8. The summed E-state index contributed by atoms with van der Waals surface area (Å²) in [4.78, 5) is 86.4. The summed E-state index contributed by atoms with van der Waals surface area (Å²) in [5.41, 5.74) is 0.700. The van der Waals surface area contributed by atoms with E-state index >= 15 is 0 Å². The number of hydrogen-bond acceptors (Lipinski definition) is 16. The van der Waals surface area contributed by atoms with Gasteiger partial charge in [-0.15, -0.1) is 0 Å². The molecule has 18 nitrogen and oxygen atoms in total. The number of rotatable bonds is 7. The monoisotopic (exact) mass is 1010 g/mol. The van der Waals surface area contributed by atoms with Crippen LogP contribution in [0.4, 0.5) is 0 Å². The maximum absolute atomic E-state index is 14.8. The number of esters is 1. The second-order valence-corrected chi connectivity index (χ2v) is 21.2. The number of phenols is 1. The Morgan fingerprint density at radius 2 is 1.66 bits per heavy atom. The van der Waals surface area contributed by atoms with Crippen molar-refractivity contribution >= 4 is 35.1 Å². The van der Waals surface area contributed by atoms with Gasteiger partial charge in [0, 0.05) is 113 Å². The van der Waals surface area contributed by atoms with E-state index in [1.165, 1.54) is 20.1 Å². The van der Waals surface area contributed by atoms with E-state index in [4.69, 9.17) is 19.2 Å². The van der Waals surface area contributed by atoms with Gasteiger partial charge in [0.25, 0.3) is 11.7 Å². The number of aliphatic imine (C=N–C) groups is 1. The zero-order valence-corrected chi connectivity index (χ0v) is 43.3. The Morgan fingerprint density at radius 3 is 2.34 bits per heavy atom. The highest BCUT2D eigenvalue weighted by Crippen LogP contribution is 2.50. The summed E-state index contributed by atoms with van der Waals surface area (Å²) < 4.78 is 18.4. The summed E-state index contributed by atoms with van der Waals surface area (Å²) in [7, 11) is 0. The van der Waals surface area contributed by atoms with Gasteiger partial charge in [-0.2, -0.15) is 0 Å². The molecule has 7 aliphatic rings. The van der Waals surface area contributed by atoms with E-state index in [1.54, 1.807) is 63.1 Å². The first-order valence-corrected chi connectivity index (χ1v) is 25.7. The zero-order valence-electron chi connectivity index (χ0n) is 43.3. The van der Waals surface area contributed by atoms with Gasteiger partial charge in [-0.1, -0.05) is 58.9 Å². The molecule has 9 rings (SSSR count). The number of nitrogens with one attached hydrogen (secondary N) is 2. The number of ether oxygens (including phenoxy) is 3. The molecule has 73 heavy (non-hydrogen) atoms. The number of carbonyl (C=O) groups excluding carboxylic acids is 5. The van der Waals surface area contributed by atoms with Crippen LogP contribution in [0.5, 0.6) is 11.5 Å². The van der Waals surface area contributed by atoms with Gasteiger partial charge in [-0.25, -0.2) is 0 Å². The van der Waals surface area contributed by atoms with Crippen LogP contribution < -0.4 is 15.4 Å². The number of aromatic hydroxyl groups is 1. The highest BCUT2D eigenvalue weighted by atomic mass is 16.7. The van der Waals surface area contributed by atoms with E-state index in [-0.39, 0.29) is 69.4 Å². The summed E-state index contributed by atoms with van der Waals surface area (Å²) in [6.07, 6.45) is 7.44. The predicted molar refractivity (Wildman–Crippen MR) is 271 cm³/mol. The molecule has 1 spiro atoms. The Bertz CT molecular complexity index is 2640. The molecule has 392 valence electrons. The number of phenolic OH excluding ortho intramolecular Hbond substituents is 1. The Hall–Kier alpha value is -6.21. The highest BCUT2D eigenvalue weighted by Gasteiger charge is 2.54. The topological polar surface area (TPSA) is 233 Å². The van der Waals surface area contributed by atoms with Crippen LogP contribution in [0, 0.1) is 30.6 Å². The van der Waals surface area contributed by atoms with Gasteiger partial charge >= 0.3 is 11.8 Å². The van der Waals surface area contributed by atoms with Gasteiger partial charge in [0.15, 0.2) is 0 Å². The van der Waals surface area contributed by atoms with Crippen molar-refractivity contribution in [3.63, 3.8) is 0 Å². The van der Waals surface area contributed by atoms with Gasteiger partial charge in [0.05, 0.1) is 46.7 Å². The number of likely N-dealkylation sites (tertiary alicyclic amines) is 1. The van der Waals surface area contributed by atoms with Crippen molar-refractivity contribution in [1.29, 1.82) is 0 Å². The average Bonchev–Trinajstić information content (AvgIpc) is 3.86. The lowest BCUT2D eigenvalue weighted by atomic mass is 9.81. The van der Waals surface area contributed by atoms with Crippen LogP contribution in [-0.4, -0.2) is 146 Å². The first-order chi connectivity index (χ1) is 34.7. The second kappa shape index (κ2) is 21.7. The van der Waals surface area contributed by atoms with Crippen molar-refractivity contribution in [2.24, 2.45) is 28.7 Å². The molecular formula is C55H71N7O11. The molecule has 1 aromatic carbocycles. The molecule has 1 aromatic heterocycles. The summed E-state index contributed by atoms with van der Waals surface area (Å²) in [6, 6.07) is 5.75. The molecule has 0 radical (unpaired) electrons. The molecule has 2 aromatic rings. The van der Waals surface area contributed by atoms with E-state index < -0.39 is 83.1 Å². The van der Waals surface area contributed by atoms with Crippen molar-refractivity contribution in [2.75, 3.05) is 45.8 Å². The summed E-state index contributed by atoms with van der Waals surface area (Å²) in [5, 5.41) is 41.5. The third kappa shape index (κ3) is 11.0. The first-order valence-electron chi connectivity index (χ1n) is 25.7. The van der Waals surface area contributed by atoms with E-state index in [0.29, 0.717) is 64.6 Å². The number of aliphatic hydroxyl groups is 2. The van der Waals surface area contributed by atoms with E-state index in [2.05, 4.69) is 39.3 Å². The molecule has 0 saturated carbocycles. The van der Waals surface area contributed by atoms with E-state index in [1.807, 2.05) is 18.2 Å². The van der Waals surface area contributed by atoms with Crippen molar-refractivity contribution in [3.8, 4) is 11.5 Å². The molecule has 7 heterocycles. The van der Waals surface area contributed by atoms with Crippen LogP contribution in [0.3, 0.4) is 0 Å². The number of benzene rings is 1. The maximum Gasteiger partial charge on any atom is 0.315 e. The second-order valence-electron chi connectivity index (χ2n) is 21.2. The van der Waals surface area contributed by atoms with E-state index in [9.17, 15) is 39.3 Å². The number of hydrogen-bond donors (Lipinski definition) is 5. The number of Topliss-reactive ketones (excluding diaryl/α,β-unsaturated/α-hetero) is 2. The number of amides is 2. The van der Waals surface area contributed by atoms with Gasteiger partial charge in [0.2, 0.25) is 11.7 Å². The lowest BCUT2D eigenvalue weighted by molar-refractivity contribution is -0.159. The fraction of sp³-hybridized carbons (Fsp3) is 0.545. The zero-order chi connectivity index (χ0) is 52.5. The molecular weight excluding hydrogens is 935 g/mol. The molecule has 5 N–H and O–H groups in total. The summed E-state index contributed by atoms with van der Waals surface area (Å²) in [5.74, 6) is -6.89. The molecule has 7 atom stereocenters. The third-order valence-electron chi connectivity index (χ3n) is 15.3. The predicted octanol–water partition coefficient (Wildman–Crippen LogP) is 4.85. The molecule has 2 fully saturated rings. The number of piperidine rings is 1. The molecule has 2 amide bonds. The van der Waals surface area contributed by atoms with Crippen LogP contribution in [-0.2, 0) is 30.4 Å². The van der Waals surface area contributed by atoms with E-state index in [0.717, 1.165) is 12.2 Å². The Labute approximate surface area is 427 Å². The Morgan fingerprint density at radius 1 is 0.932 bits per heavy atom. The number of piperazine rings is 1. The minimum Gasteiger partial charge on any atom is -0.507 e. The Balaban J connectivity index is 1.07. The standard InChI is InChI=1S/C55H71N7O11/c1-31(2)29-60-21-18-55(19-22-60)58-44-41-42-49(67)36(7)51-43(41)52(69)54(8,73-51)71-27-12-10-17-38(72-40(64)28-39(63)62-25-23-61(24-26-62)30-37-16-9-11-20-56-37)34(5)48(66)35(6)47(65)32(3)14-13-15-33(4)53(70)57-46(50(42)68)45(44)59-55/h9,11-16,20,27,31-32,34-35,38,47-48,59,65-67H,10,17-19,21-26,28-30H2,1-8H3,(H,57,70)/b14-13+,27-12+,33-15-/t32?,34-,35+,38+,47-,48?,54-/m0/s1. The Kier molecular flexibility index (Phi) is 15.8. The SMILES string of the molecule is C/C1=C/C=C/C(C)[C@H](O)[C@@H](C)C(O)[C@@H](C)[C@H](OC(=O)CC(=O)N2CCN(Cc3ccccn3)CC2)CC/C=C/O[C@@]2(C)Oc3c(C)c(O)c4c(c3C2=O)C2=NC3(CCN(CC(C)C)CC3)NC2=C(NC1=O)C4=O. The van der Waals surface area contributed by atoms with Crippen LogP contribution in [0.15, 0.2) is 76.9 Å². The van der Waals surface area contributed by atoms with Crippen LogP contribution in [0.2, 0.25) is 0 Å². The number of pyridine rings is 1. The number of aromatic nitrogens is 1. The van der Waals surface area contributed by atoms with Crippen LogP contribution >= 0.6 is 0 Å². The molecule has 2 unspecified atom stereocenters. The quantitative estimate of drug-likeness (QED) is 0.184. The largest absolute Gasteiger partial charge is 0.507 e. The number of fused-ring (bicyclic) bond motifs is 13. The number of carbonyl (C=O) groups is 5. The number of ketones is 2. The average molecular weight is 1010 g/mol. The number of aliphatic hydroxyl groups excluding tert-OH is 2. The lowest BCUT2D eigenvalue weighted by Gasteiger charge is -2.38. The van der Waals surface area contributed by atoms with Crippen LogP contribution in [0.1, 0.15) is 118 Å². The third-order valence-corrected chi connectivity index (χ3v) is 15.3. The van der Waals surface area contributed by atoms with Crippen molar-refractivity contribution < 1.29 is 53.5 Å². The maximum atomic E-state index is 14.8. The van der Waals surface area contributed by atoms with Crippen molar-refractivity contribution in [3.05, 3.63) is 99.9 Å². The summed E-state index contributed by atoms with van der Waals surface area (Å²) >= 11 is 0. The first kappa shape index (κ1) is 53.1. The van der Waals surface area contributed by atoms with Crippen molar-refractivity contribution in [1.82, 2.24) is 30.3 Å². The molecule has 18 heteroatoms. The minimum atomic E-state index is -1.95. The molecule has 2 saturated heterocycles. The van der Waals surface area contributed by atoms with Crippen LogP contribution in [0.25, 0.3) is 0 Å². The normalized spacial score (nSPS) is 29.6. The van der Waals surface area contributed by atoms with Crippen molar-refractivity contribution in [2.45, 2.75) is 124 Å². The highest BCUT2D eigenvalue weighted by molar-refractivity contribution is 6.34. The molecule has 6 aliphatic heterocycles.